The number of hydrogen-bond donors (Lipinski definition) is 2. The highest BCUT2D eigenvalue weighted by Gasteiger charge is 2.53. The Bertz CT molecular complexity index is 628. The Morgan fingerprint density at radius 2 is 1.88 bits per heavy atom. The van der Waals surface area contributed by atoms with Gasteiger partial charge in [-0.3, -0.25) is 4.79 Å². The number of likely N-dealkylation sites (tertiary alicyclic amines) is 1. The van der Waals surface area contributed by atoms with Crippen molar-refractivity contribution in [3.8, 4) is 5.75 Å². The third kappa shape index (κ3) is 2.42. The molecule has 1 fully saturated rings. The van der Waals surface area contributed by atoms with Crippen LogP contribution in [0.1, 0.15) is 37.3 Å². The summed E-state index contributed by atoms with van der Waals surface area (Å²) in [6.45, 7) is 4.75. The van der Waals surface area contributed by atoms with Gasteiger partial charge in [0, 0.05) is 29.5 Å². The standard InChI is InChI=1S/C19H27NO4/c1-18(11-21)9-20(10-19(18,2)12-22)17(23)14-8-7-13-5-4-6-15(24-3)16(13)14/h4-6,14,21-22H,7-12H2,1-3H3/t14?,18-,19+. The van der Waals surface area contributed by atoms with Gasteiger partial charge in [-0.15, -0.1) is 0 Å². The summed E-state index contributed by atoms with van der Waals surface area (Å²) in [6.07, 6.45) is 1.67. The zero-order chi connectivity index (χ0) is 17.5. The fourth-order valence-electron chi connectivity index (χ4n) is 4.21. The van der Waals surface area contributed by atoms with Crippen molar-refractivity contribution in [1.29, 1.82) is 0 Å². The van der Waals surface area contributed by atoms with Crippen molar-refractivity contribution in [2.24, 2.45) is 10.8 Å². The number of aryl methyl sites for hydroxylation is 1. The highest BCUT2D eigenvalue weighted by Crippen LogP contribution is 2.48. The maximum absolute atomic E-state index is 13.2. The molecule has 24 heavy (non-hydrogen) atoms. The molecule has 132 valence electrons. The predicted molar refractivity (Wildman–Crippen MR) is 91.0 cm³/mol. The molecular formula is C19H27NO4. The van der Waals surface area contributed by atoms with Crippen LogP contribution in [-0.4, -0.2) is 54.4 Å². The Morgan fingerprint density at radius 1 is 1.25 bits per heavy atom. The van der Waals surface area contributed by atoms with Crippen LogP contribution in [0.5, 0.6) is 5.75 Å². The van der Waals surface area contributed by atoms with Crippen LogP contribution >= 0.6 is 0 Å². The van der Waals surface area contributed by atoms with Gasteiger partial charge in [-0.05, 0) is 24.5 Å². The summed E-state index contributed by atoms with van der Waals surface area (Å²) in [6, 6.07) is 5.93. The molecule has 3 rings (SSSR count). The highest BCUT2D eigenvalue weighted by molar-refractivity contribution is 5.86. The van der Waals surface area contributed by atoms with Crippen LogP contribution in [0.25, 0.3) is 0 Å². The van der Waals surface area contributed by atoms with Crippen LogP contribution in [0.2, 0.25) is 0 Å². The number of hydrogen-bond acceptors (Lipinski definition) is 4. The van der Waals surface area contributed by atoms with Gasteiger partial charge in [0.25, 0.3) is 0 Å². The summed E-state index contributed by atoms with van der Waals surface area (Å²) in [7, 11) is 1.64. The molecule has 1 aliphatic heterocycles. The molecule has 0 spiro atoms. The molecule has 0 saturated carbocycles. The van der Waals surface area contributed by atoms with Gasteiger partial charge in [0.15, 0.2) is 0 Å². The summed E-state index contributed by atoms with van der Waals surface area (Å²) in [5, 5.41) is 19.7. The molecular weight excluding hydrogens is 306 g/mol. The number of amides is 1. The van der Waals surface area contributed by atoms with E-state index in [1.54, 1.807) is 7.11 Å². The molecule has 3 atom stereocenters. The first-order chi connectivity index (χ1) is 11.4. The third-order valence-electron chi connectivity index (χ3n) is 6.27. The molecule has 2 N–H and O–H groups in total. The fourth-order valence-corrected chi connectivity index (χ4v) is 4.21. The lowest BCUT2D eigenvalue weighted by atomic mass is 9.69. The van der Waals surface area contributed by atoms with Gasteiger partial charge in [0.05, 0.1) is 26.2 Å². The van der Waals surface area contributed by atoms with Crippen molar-refractivity contribution in [2.45, 2.75) is 32.6 Å². The van der Waals surface area contributed by atoms with Crippen LogP contribution in [-0.2, 0) is 11.2 Å². The van der Waals surface area contributed by atoms with Gasteiger partial charge < -0.3 is 19.8 Å². The number of carbonyl (C=O) groups is 1. The highest BCUT2D eigenvalue weighted by atomic mass is 16.5. The fraction of sp³-hybridized carbons (Fsp3) is 0.632. The Labute approximate surface area is 143 Å². The van der Waals surface area contributed by atoms with E-state index in [-0.39, 0.29) is 25.0 Å². The van der Waals surface area contributed by atoms with Crippen LogP contribution in [0.3, 0.4) is 0 Å². The zero-order valence-electron chi connectivity index (χ0n) is 14.7. The molecule has 0 aromatic heterocycles. The minimum absolute atomic E-state index is 0.0432. The topological polar surface area (TPSA) is 70.0 Å². The van der Waals surface area contributed by atoms with E-state index >= 15 is 0 Å². The smallest absolute Gasteiger partial charge is 0.230 e. The lowest BCUT2D eigenvalue weighted by Crippen LogP contribution is -2.41. The van der Waals surface area contributed by atoms with E-state index in [1.807, 2.05) is 30.9 Å². The normalized spacial score (nSPS) is 32.0. The number of nitrogens with zero attached hydrogens (tertiary/aromatic N) is 1. The van der Waals surface area contributed by atoms with Gasteiger partial charge in [0.1, 0.15) is 5.75 Å². The second-order valence-electron chi connectivity index (χ2n) is 7.76. The summed E-state index contributed by atoms with van der Waals surface area (Å²) < 4.78 is 5.47. The number of aliphatic hydroxyl groups is 2. The Morgan fingerprint density at radius 3 is 2.42 bits per heavy atom. The van der Waals surface area contributed by atoms with Crippen LogP contribution in [0.4, 0.5) is 0 Å². The molecule has 0 radical (unpaired) electrons. The molecule has 5 nitrogen and oxygen atoms in total. The van der Waals surface area contributed by atoms with Crippen molar-refractivity contribution in [2.75, 3.05) is 33.4 Å². The van der Waals surface area contributed by atoms with E-state index in [0.29, 0.717) is 13.1 Å². The van der Waals surface area contributed by atoms with Crippen molar-refractivity contribution in [3.05, 3.63) is 29.3 Å². The number of carbonyl (C=O) groups excluding carboxylic acids is 1. The average molecular weight is 333 g/mol. The molecule has 1 saturated heterocycles. The van der Waals surface area contributed by atoms with E-state index in [0.717, 1.165) is 24.2 Å². The molecule has 2 aliphatic rings. The first kappa shape index (κ1) is 17.2. The van der Waals surface area contributed by atoms with E-state index in [1.165, 1.54) is 5.56 Å². The van der Waals surface area contributed by atoms with E-state index in [2.05, 4.69) is 6.07 Å². The molecule has 1 aliphatic carbocycles. The first-order valence-corrected chi connectivity index (χ1v) is 8.55. The number of fused-ring (bicyclic) bond motifs is 1. The van der Waals surface area contributed by atoms with E-state index in [9.17, 15) is 15.0 Å². The maximum Gasteiger partial charge on any atom is 0.230 e. The van der Waals surface area contributed by atoms with E-state index < -0.39 is 10.8 Å². The Hall–Kier alpha value is -1.59. The minimum Gasteiger partial charge on any atom is -0.496 e. The van der Waals surface area contributed by atoms with Gasteiger partial charge in [-0.25, -0.2) is 0 Å². The molecule has 1 aromatic rings. The minimum atomic E-state index is -0.486. The van der Waals surface area contributed by atoms with Gasteiger partial charge >= 0.3 is 0 Å². The number of rotatable bonds is 4. The maximum atomic E-state index is 13.2. The van der Waals surface area contributed by atoms with Crippen molar-refractivity contribution in [1.82, 2.24) is 4.90 Å². The number of benzene rings is 1. The van der Waals surface area contributed by atoms with Crippen LogP contribution in [0, 0.1) is 10.8 Å². The third-order valence-corrected chi connectivity index (χ3v) is 6.27. The largest absolute Gasteiger partial charge is 0.496 e. The monoisotopic (exact) mass is 333 g/mol. The Kier molecular flexibility index (Phi) is 4.34. The lowest BCUT2D eigenvalue weighted by Gasteiger charge is -2.36. The average Bonchev–Trinajstić information content (AvgIpc) is 3.14. The van der Waals surface area contributed by atoms with Crippen LogP contribution < -0.4 is 4.74 Å². The Balaban J connectivity index is 1.88. The van der Waals surface area contributed by atoms with Crippen LogP contribution in [0.15, 0.2) is 18.2 Å². The van der Waals surface area contributed by atoms with Gasteiger partial charge in [-0.1, -0.05) is 26.0 Å². The molecule has 1 aromatic carbocycles. The SMILES string of the molecule is COc1cccc2c1C(C(=O)N1C[C@](C)(CO)[C@](C)(CO)C1)CC2. The second-order valence-corrected chi connectivity index (χ2v) is 7.76. The molecule has 1 unspecified atom stereocenters. The number of ether oxygens (including phenoxy) is 1. The van der Waals surface area contributed by atoms with Crippen molar-refractivity contribution < 1.29 is 19.7 Å². The number of methoxy groups -OCH3 is 1. The van der Waals surface area contributed by atoms with Gasteiger partial charge in [0.2, 0.25) is 5.91 Å². The van der Waals surface area contributed by atoms with E-state index in [4.69, 9.17) is 4.74 Å². The predicted octanol–water partition coefficient (Wildman–Crippen LogP) is 1.56. The number of aliphatic hydroxyl groups excluding tert-OH is 2. The summed E-state index contributed by atoms with van der Waals surface area (Å²) in [4.78, 5) is 15.0. The second kappa shape index (κ2) is 6.05. The quantitative estimate of drug-likeness (QED) is 0.877. The molecule has 5 heteroatoms. The molecule has 1 heterocycles. The summed E-state index contributed by atoms with van der Waals surface area (Å²) in [5.74, 6) is 0.660. The van der Waals surface area contributed by atoms with Crippen molar-refractivity contribution in [3.63, 3.8) is 0 Å². The molecule has 0 bridgehead atoms. The summed E-state index contributed by atoms with van der Waals surface area (Å²) >= 11 is 0. The zero-order valence-corrected chi connectivity index (χ0v) is 14.7. The lowest BCUT2D eigenvalue weighted by molar-refractivity contribution is -0.132. The van der Waals surface area contributed by atoms with Gasteiger partial charge in [-0.2, -0.15) is 0 Å². The van der Waals surface area contributed by atoms with Crippen molar-refractivity contribution >= 4 is 5.91 Å². The first-order valence-electron chi connectivity index (χ1n) is 8.55. The molecule has 1 amide bonds. The summed E-state index contributed by atoms with van der Waals surface area (Å²) in [5.41, 5.74) is 1.22.